The fraction of sp³-hybridized carbons (Fsp3) is 0.231. The van der Waals surface area contributed by atoms with E-state index >= 15 is 0 Å². The Morgan fingerprint density at radius 3 is 2.94 bits per heavy atom. The highest BCUT2D eigenvalue weighted by atomic mass is 16.2. The minimum Gasteiger partial charge on any atom is -0.365 e. The zero-order valence-electron chi connectivity index (χ0n) is 9.43. The fourth-order valence-electron chi connectivity index (χ4n) is 2.59. The number of rotatable bonds is 1. The average Bonchev–Trinajstić information content (AvgIpc) is 2.60. The van der Waals surface area contributed by atoms with Crippen LogP contribution in [0.4, 0.5) is 0 Å². The zero-order valence-corrected chi connectivity index (χ0v) is 9.43. The van der Waals surface area contributed by atoms with Gasteiger partial charge in [-0.3, -0.25) is 9.59 Å². The highest BCUT2D eigenvalue weighted by molar-refractivity contribution is 5.97. The molecule has 1 aliphatic rings. The first-order valence-electron chi connectivity index (χ1n) is 5.56. The van der Waals surface area contributed by atoms with Crippen LogP contribution >= 0.6 is 0 Å². The third-order valence-corrected chi connectivity index (χ3v) is 3.39. The van der Waals surface area contributed by atoms with E-state index in [2.05, 4.69) is 6.92 Å². The molecule has 0 unspecified atom stereocenters. The summed E-state index contributed by atoms with van der Waals surface area (Å²) in [5.41, 5.74) is 7.14. The SMILES string of the molecule is C[C@@H]1Cc2cccc3c(=O)c(C(N)=O)cn1c23. The number of aromatic nitrogens is 1. The van der Waals surface area contributed by atoms with E-state index in [1.165, 1.54) is 0 Å². The Kier molecular flexibility index (Phi) is 1.90. The van der Waals surface area contributed by atoms with Crippen LogP contribution in [0.5, 0.6) is 0 Å². The number of para-hydroxylation sites is 1. The Bertz CT molecular complexity index is 700. The number of hydrogen-bond acceptors (Lipinski definition) is 2. The lowest BCUT2D eigenvalue weighted by Gasteiger charge is -2.10. The van der Waals surface area contributed by atoms with E-state index in [0.717, 1.165) is 17.5 Å². The van der Waals surface area contributed by atoms with Crippen molar-refractivity contribution in [1.82, 2.24) is 4.57 Å². The van der Waals surface area contributed by atoms with Crippen LogP contribution in [0.3, 0.4) is 0 Å². The molecule has 1 amide bonds. The lowest BCUT2D eigenvalue weighted by molar-refractivity contribution is 0.0998. The number of primary amides is 1. The minimum absolute atomic E-state index is 0.0726. The van der Waals surface area contributed by atoms with Crippen LogP contribution in [-0.2, 0) is 6.42 Å². The molecule has 0 bridgehead atoms. The largest absolute Gasteiger partial charge is 0.365 e. The van der Waals surface area contributed by atoms with Gasteiger partial charge in [0.2, 0.25) is 5.43 Å². The second-order valence-electron chi connectivity index (χ2n) is 4.51. The van der Waals surface area contributed by atoms with E-state index in [9.17, 15) is 9.59 Å². The Balaban J connectivity index is 2.53. The molecule has 0 aliphatic carbocycles. The summed E-state index contributed by atoms with van der Waals surface area (Å²) < 4.78 is 1.98. The van der Waals surface area contributed by atoms with Gasteiger partial charge in [-0.15, -0.1) is 0 Å². The summed E-state index contributed by atoms with van der Waals surface area (Å²) in [5.74, 6) is -0.662. The summed E-state index contributed by atoms with van der Waals surface area (Å²) in [6.07, 6.45) is 2.48. The highest BCUT2D eigenvalue weighted by Crippen LogP contribution is 2.30. The third kappa shape index (κ3) is 1.24. The van der Waals surface area contributed by atoms with Gasteiger partial charge in [0, 0.05) is 17.6 Å². The van der Waals surface area contributed by atoms with Crippen LogP contribution in [0.25, 0.3) is 10.9 Å². The van der Waals surface area contributed by atoms with Gasteiger partial charge in [0.15, 0.2) is 0 Å². The molecule has 0 radical (unpaired) electrons. The Morgan fingerprint density at radius 2 is 2.24 bits per heavy atom. The topological polar surface area (TPSA) is 65.1 Å². The highest BCUT2D eigenvalue weighted by Gasteiger charge is 2.23. The van der Waals surface area contributed by atoms with Crippen LogP contribution < -0.4 is 11.2 Å². The number of nitrogens with two attached hydrogens (primary N) is 1. The summed E-state index contributed by atoms with van der Waals surface area (Å²) in [7, 11) is 0. The number of amides is 1. The van der Waals surface area contributed by atoms with E-state index in [0.29, 0.717) is 5.39 Å². The van der Waals surface area contributed by atoms with Crippen LogP contribution in [-0.4, -0.2) is 10.5 Å². The third-order valence-electron chi connectivity index (χ3n) is 3.39. The van der Waals surface area contributed by atoms with Crippen LogP contribution in [0.15, 0.2) is 29.2 Å². The molecule has 3 rings (SSSR count). The monoisotopic (exact) mass is 228 g/mol. The van der Waals surface area contributed by atoms with Crippen molar-refractivity contribution in [2.75, 3.05) is 0 Å². The minimum atomic E-state index is -0.662. The van der Waals surface area contributed by atoms with Crippen molar-refractivity contribution in [2.45, 2.75) is 19.4 Å². The Hall–Kier alpha value is -2.10. The molecule has 4 heteroatoms. The van der Waals surface area contributed by atoms with E-state index in [1.54, 1.807) is 12.3 Å². The first kappa shape index (κ1) is 10.1. The predicted molar refractivity (Wildman–Crippen MR) is 65.1 cm³/mol. The molecule has 0 fully saturated rings. The summed E-state index contributed by atoms with van der Waals surface area (Å²) in [6.45, 7) is 2.06. The first-order chi connectivity index (χ1) is 8.09. The van der Waals surface area contributed by atoms with Crippen molar-refractivity contribution in [2.24, 2.45) is 5.73 Å². The Labute approximate surface area is 97.7 Å². The maximum Gasteiger partial charge on any atom is 0.254 e. The van der Waals surface area contributed by atoms with E-state index in [-0.39, 0.29) is 17.0 Å². The van der Waals surface area contributed by atoms with Gasteiger partial charge in [-0.1, -0.05) is 12.1 Å². The Morgan fingerprint density at radius 1 is 1.47 bits per heavy atom. The van der Waals surface area contributed by atoms with Crippen molar-refractivity contribution in [3.05, 3.63) is 45.7 Å². The van der Waals surface area contributed by atoms with E-state index in [1.807, 2.05) is 16.7 Å². The molecule has 4 nitrogen and oxygen atoms in total. The number of carbonyl (C=O) groups is 1. The number of pyridine rings is 1. The molecule has 17 heavy (non-hydrogen) atoms. The molecule has 0 spiro atoms. The number of benzene rings is 1. The molecule has 2 N–H and O–H groups in total. The molecule has 2 aromatic rings. The number of nitrogens with zero attached hydrogens (tertiary/aromatic N) is 1. The van der Waals surface area contributed by atoms with E-state index in [4.69, 9.17) is 5.73 Å². The van der Waals surface area contributed by atoms with Gasteiger partial charge < -0.3 is 10.3 Å². The summed E-state index contributed by atoms with van der Waals surface area (Å²) in [6, 6.07) is 5.88. The molecule has 1 atom stereocenters. The molecule has 0 saturated carbocycles. The van der Waals surface area contributed by atoms with Crippen LogP contribution in [0.2, 0.25) is 0 Å². The van der Waals surface area contributed by atoms with Gasteiger partial charge >= 0.3 is 0 Å². The normalized spacial score (nSPS) is 17.6. The van der Waals surface area contributed by atoms with Crippen LogP contribution in [0.1, 0.15) is 28.9 Å². The zero-order chi connectivity index (χ0) is 12.2. The molecular weight excluding hydrogens is 216 g/mol. The molecule has 0 saturated heterocycles. The molecule has 1 aliphatic heterocycles. The smallest absolute Gasteiger partial charge is 0.254 e. The summed E-state index contributed by atoms with van der Waals surface area (Å²) in [4.78, 5) is 23.4. The van der Waals surface area contributed by atoms with Gasteiger partial charge in [0.05, 0.1) is 5.52 Å². The maximum atomic E-state index is 12.1. The maximum absolute atomic E-state index is 12.1. The number of hydrogen-bond donors (Lipinski definition) is 1. The predicted octanol–water partition coefficient (Wildman–Crippen LogP) is 1.22. The van der Waals surface area contributed by atoms with Gasteiger partial charge in [-0.2, -0.15) is 0 Å². The van der Waals surface area contributed by atoms with Crippen molar-refractivity contribution >= 4 is 16.8 Å². The van der Waals surface area contributed by atoms with Crippen molar-refractivity contribution in [1.29, 1.82) is 0 Å². The van der Waals surface area contributed by atoms with Crippen molar-refractivity contribution < 1.29 is 4.79 Å². The van der Waals surface area contributed by atoms with E-state index < -0.39 is 5.91 Å². The van der Waals surface area contributed by atoms with Crippen LogP contribution in [0, 0.1) is 0 Å². The van der Waals surface area contributed by atoms with Crippen molar-refractivity contribution in [3.8, 4) is 0 Å². The average molecular weight is 228 g/mol. The van der Waals surface area contributed by atoms with Crippen molar-refractivity contribution in [3.63, 3.8) is 0 Å². The summed E-state index contributed by atoms with van der Waals surface area (Å²) in [5, 5.41) is 0.586. The molecule has 86 valence electrons. The molecule has 1 aromatic carbocycles. The lowest BCUT2D eigenvalue weighted by atomic mass is 10.1. The van der Waals surface area contributed by atoms with Gasteiger partial charge in [-0.05, 0) is 25.0 Å². The molecule has 2 heterocycles. The molecular formula is C13H12N2O2. The van der Waals surface area contributed by atoms with Gasteiger partial charge in [-0.25, -0.2) is 0 Å². The number of carbonyl (C=O) groups excluding carboxylic acids is 1. The first-order valence-corrected chi connectivity index (χ1v) is 5.56. The summed E-state index contributed by atoms with van der Waals surface area (Å²) >= 11 is 0. The second-order valence-corrected chi connectivity index (χ2v) is 4.51. The molecule has 1 aromatic heterocycles. The lowest BCUT2D eigenvalue weighted by Crippen LogP contribution is -2.23. The second kappa shape index (κ2) is 3.20. The standard InChI is InChI=1S/C13H12N2O2/c1-7-5-8-3-2-4-9-11(8)15(7)6-10(12(9)16)13(14)17/h2-4,6-7H,5H2,1H3,(H2,14,17)/t7-/m1/s1. The quantitative estimate of drug-likeness (QED) is 0.797. The fourth-order valence-corrected chi connectivity index (χ4v) is 2.59. The van der Waals surface area contributed by atoms with Gasteiger partial charge in [0.25, 0.3) is 5.91 Å². The van der Waals surface area contributed by atoms with Gasteiger partial charge in [0.1, 0.15) is 5.56 Å².